The molecule has 1 aromatic rings. The van der Waals surface area contributed by atoms with E-state index >= 15 is 0 Å². The van der Waals surface area contributed by atoms with Crippen LogP contribution in [0.1, 0.15) is 51.0 Å². The number of aromatic nitrogens is 2. The van der Waals surface area contributed by atoms with Crippen LogP contribution in [0.2, 0.25) is 0 Å². The lowest BCUT2D eigenvalue weighted by molar-refractivity contribution is 0.0633. The first kappa shape index (κ1) is 15.4. The summed E-state index contributed by atoms with van der Waals surface area (Å²) >= 11 is 0. The molecule has 0 aliphatic carbocycles. The summed E-state index contributed by atoms with van der Waals surface area (Å²) in [6.45, 7) is 9.03. The number of nitrogens with one attached hydrogen (secondary N) is 1. The highest BCUT2D eigenvalue weighted by Gasteiger charge is 2.24. The van der Waals surface area contributed by atoms with Crippen molar-refractivity contribution >= 4 is 5.91 Å². The van der Waals surface area contributed by atoms with E-state index in [2.05, 4.69) is 37.9 Å². The summed E-state index contributed by atoms with van der Waals surface area (Å²) in [7, 11) is 0. The molecule has 0 aromatic carbocycles. The molecule has 19 heavy (non-hydrogen) atoms. The molecule has 0 fully saturated rings. The van der Waals surface area contributed by atoms with E-state index in [0.29, 0.717) is 18.2 Å². The molecule has 1 amide bonds. The van der Waals surface area contributed by atoms with Gasteiger partial charge in [0.05, 0.1) is 0 Å². The van der Waals surface area contributed by atoms with Crippen molar-refractivity contribution in [3.63, 3.8) is 0 Å². The Hall–Kier alpha value is -1.65. The lowest BCUT2D eigenvalue weighted by atomic mass is 10.1. The third kappa shape index (κ3) is 4.19. The van der Waals surface area contributed by atoms with Gasteiger partial charge in [0.2, 0.25) is 0 Å². The molecule has 0 radical (unpaired) electrons. The van der Waals surface area contributed by atoms with E-state index in [4.69, 9.17) is 0 Å². The van der Waals surface area contributed by atoms with Crippen molar-refractivity contribution in [3.05, 3.63) is 28.2 Å². The van der Waals surface area contributed by atoms with Crippen molar-refractivity contribution in [1.29, 1.82) is 0 Å². The Morgan fingerprint density at radius 2 is 1.95 bits per heavy atom. The Kier molecular flexibility index (Phi) is 5.73. The molecule has 0 unspecified atom stereocenters. The minimum atomic E-state index is -0.297. The van der Waals surface area contributed by atoms with Crippen LogP contribution in [0.5, 0.6) is 0 Å². The molecule has 1 heterocycles. The number of rotatable bonds is 6. The fourth-order valence-corrected chi connectivity index (χ4v) is 2.13. The first-order valence-corrected chi connectivity index (χ1v) is 6.86. The molecule has 0 saturated carbocycles. The van der Waals surface area contributed by atoms with Crippen molar-refractivity contribution in [3.8, 4) is 0 Å². The normalized spacial score (nSPS) is 11.1. The van der Waals surface area contributed by atoms with Crippen LogP contribution in [0, 0.1) is 5.92 Å². The summed E-state index contributed by atoms with van der Waals surface area (Å²) in [6, 6.07) is 3.03. The average Bonchev–Trinajstić information content (AvgIpc) is 2.38. The number of carbonyl (C=O) groups is 1. The molecular formula is C14H23N3O2. The predicted octanol–water partition coefficient (Wildman–Crippen LogP) is 2.06. The van der Waals surface area contributed by atoms with Gasteiger partial charge in [-0.3, -0.25) is 9.59 Å². The zero-order chi connectivity index (χ0) is 14.4. The van der Waals surface area contributed by atoms with Gasteiger partial charge in [-0.15, -0.1) is 0 Å². The van der Waals surface area contributed by atoms with Crippen LogP contribution in [0.3, 0.4) is 0 Å². The van der Waals surface area contributed by atoms with E-state index in [-0.39, 0.29) is 17.5 Å². The van der Waals surface area contributed by atoms with E-state index in [1.54, 1.807) is 0 Å². The van der Waals surface area contributed by atoms with Gasteiger partial charge in [-0.1, -0.05) is 27.7 Å². The molecule has 0 spiro atoms. The quantitative estimate of drug-likeness (QED) is 0.856. The minimum Gasteiger partial charge on any atom is -0.334 e. The number of amides is 1. The van der Waals surface area contributed by atoms with Crippen molar-refractivity contribution in [1.82, 2.24) is 15.1 Å². The molecule has 0 aliphatic rings. The molecule has 0 atom stereocenters. The van der Waals surface area contributed by atoms with E-state index in [1.165, 1.54) is 12.1 Å². The second-order valence-corrected chi connectivity index (χ2v) is 5.13. The summed E-state index contributed by atoms with van der Waals surface area (Å²) in [5, 5.41) is 6.14. The number of nitrogens with zero attached hydrogens (tertiary/aromatic N) is 2. The smallest absolute Gasteiger partial charge is 0.274 e. The summed E-state index contributed by atoms with van der Waals surface area (Å²) in [5.41, 5.74) is 0.00152. The van der Waals surface area contributed by atoms with Crippen LogP contribution in [0.15, 0.2) is 16.9 Å². The SMILES string of the molecule is CCC(CC)N(CC(C)C)C(=O)c1ccc(=O)[nH]n1. The summed E-state index contributed by atoms with van der Waals surface area (Å²) in [4.78, 5) is 25.4. The van der Waals surface area contributed by atoms with E-state index in [1.807, 2.05) is 4.90 Å². The number of hydrogen-bond acceptors (Lipinski definition) is 3. The minimum absolute atomic E-state index is 0.112. The largest absolute Gasteiger partial charge is 0.334 e. The van der Waals surface area contributed by atoms with Gasteiger partial charge >= 0.3 is 0 Å². The Labute approximate surface area is 114 Å². The summed E-state index contributed by atoms with van der Waals surface area (Å²) in [5.74, 6) is 0.283. The molecule has 5 nitrogen and oxygen atoms in total. The van der Waals surface area contributed by atoms with Crippen LogP contribution in [-0.4, -0.2) is 33.6 Å². The first-order valence-electron chi connectivity index (χ1n) is 6.86. The van der Waals surface area contributed by atoms with Gasteiger partial charge in [-0.2, -0.15) is 5.10 Å². The van der Waals surface area contributed by atoms with Gasteiger partial charge in [0.1, 0.15) is 5.69 Å². The molecule has 1 N–H and O–H groups in total. The van der Waals surface area contributed by atoms with Crippen molar-refractivity contribution in [2.45, 2.75) is 46.6 Å². The van der Waals surface area contributed by atoms with Crippen LogP contribution in [0.25, 0.3) is 0 Å². The zero-order valence-electron chi connectivity index (χ0n) is 12.1. The number of aromatic amines is 1. The Balaban J connectivity index is 2.99. The van der Waals surface area contributed by atoms with E-state index in [0.717, 1.165) is 12.8 Å². The fourth-order valence-electron chi connectivity index (χ4n) is 2.13. The third-order valence-electron chi connectivity index (χ3n) is 3.10. The summed E-state index contributed by atoms with van der Waals surface area (Å²) < 4.78 is 0. The second kappa shape index (κ2) is 7.07. The summed E-state index contributed by atoms with van der Waals surface area (Å²) in [6.07, 6.45) is 1.83. The van der Waals surface area contributed by atoms with Crippen LogP contribution in [-0.2, 0) is 0 Å². The van der Waals surface area contributed by atoms with Crippen LogP contribution >= 0.6 is 0 Å². The Bertz CT molecular complexity index is 444. The van der Waals surface area contributed by atoms with Crippen molar-refractivity contribution < 1.29 is 4.79 Å². The molecule has 0 aliphatic heterocycles. The predicted molar refractivity (Wildman–Crippen MR) is 75.1 cm³/mol. The van der Waals surface area contributed by atoms with Gasteiger partial charge in [-0.05, 0) is 24.8 Å². The first-order chi connectivity index (χ1) is 8.99. The highest BCUT2D eigenvalue weighted by Crippen LogP contribution is 2.14. The zero-order valence-corrected chi connectivity index (χ0v) is 12.1. The van der Waals surface area contributed by atoms with E-state index in [9.17, 15) is 9.59 Å². The molecule has 5 heteroatoms. The van der Waals surface area contributed by atoms with Gasteiger partial charge in [0.25, 0.3) is 11.5 Å². The average molecular weight is 265 g/mol. The molecule has 1 aromatic heterocycles. The maximum atomic E-state index is 12.5. The molecule has 1 rings (SSSR count). The van der Waals surface area contributed by atoms with Crippen LogP contribution in [0.4, 0.5) is 0 Å². The van der Waals surface area contributed by atoms with Crippen molar-refractivity contribution in [2.24, 2.45) is 5.92 Å². The number of hydrogen-bond donors (Lipinski definition) is 1. The lowest BCUT2D eigenvalue weighted by Gasteiger charge is -2.31. The van der Waals surface area contributed by atoms with Crippen molar-refractivity contribution in [2.75, 3.05) is 6.54 Å². The second-order valence-electron chi connectivity index (χ2n) is 5.13. The monoisotopic (exact) mass is 265 g/mol. The van der Waals surface area contributed by atoms with Gasteiger partial charge in [0, 0.05) is 18.7 Å². The molecule has 0 saturated heterocycles. The topological polar surface area (TPSA) is 66.1 Å². The Morgan fingerprint density at radius 1 is 1.32 bits per heavy atom. The lowest BCUT2D eigenvalue weighted by Crippen LogP contribution is -2.42. The number of carbonyl (C=O) groups excluding carboxylic acids is 1. The van der Waals surface area contributed by atoms with E-state index < -0.39 is 0 Å². The molecular weight excluding hydrogens is 242 g/mol. The van der Waals surface area contributed by atoms with Gasteiger partial charge < -0.3 is 4.90 Å². The maximum absolute atomic E-state index is 12.5. The van der Waals surface area contributed by atoms with Gasteiger partial charge in [0.15, 0.2) is 0 Å². The van der Waals surface area contributed by atoms with Crippen LogP contribution < -0.4 is 5.56 Å². The molecule has 106 valence electrons. The third-order valence-corrected chi connectivity index (χ3v) is 3.10. The number of H-pyrrole nitrogens is 1. The maximum Gasteiger partial charge on any atom is 0.274 e. The fraction of sp³-hybridized carbons (Fsp3) is 0.643. The highest BCUT2D eigenvalue weighted by molar-refractivity contribution is 5.92. The standard InChI is InChI=1S/C14H23N3O2/c1-5-11(6-2)17(9-10(3)4)14(19)12-7-8-13(18)16-15-12/h7-8,10-11H,5-6,9H2,1-4H3,(H,16,18). The van der Waals surface area contributed by atoms with Gasteiger partial charge in [-0.25, -0.2) is 5.10 Å². The Morgan fingerprint density at radius 3 is 2.37 bits per heavy atom. The molecule has 0 bridgehead atoms. The highest BCUT2D eigenvalue weighted by atomic mass is 16.2.